The van der Waals surface area contributed by atoms with Crippen molar-refractivity contribution in [2.45, 2.75) is 12.5 Å². The molecule has 1 amide bonds. The Morgan fingerprint density at radius 3 is 2.45 bits per heavy atom. The Labute approximate surface area is 133 Å². The van der Waals surface area contributed by atoms with Gasteiger partial charge in [-0.2, -0.15) is 0 Å². The molecule has 1 heterocycles. The van der Waals surface area contributed by atoms with Crippen LogP contribution < -0.4 is 5.32 Å². The third-order valence-electron chi connectivity index (χ3n) is 3.59. The second-order valence-corrected chi connectivity index (χ2v) is 5.56. The maximum absolute atomic E-state index is 12.5. The summed E-state index contributed by atoms with van der Waals surface area (Å²) in [6, 6.07) is 16.1. The molecule has 0 aromatic heterocycles. The van der Waals surface area contributed by atoms with Gasteiger partial charge in [0, 0.05) is 10.7 Å². The van der Waals surface area contributed by atoms with Gasteiger partial charge in [0.1, 0.15) is 6.10 Å². The molecule has 0 spiro atoms. The maximum Gasteiger partial charge on any atom is 0.307 e. The molecule has 1 aliphatic heterocycles. The Morgan fingerprint density at radius 1 is 1.09 bits per heavy atom. The van der Waals surface area contributed by atoms with Crippen LogP contribution in [0.25, 0.3) is 0 Å². The van der Waals surface area contributed by atoms with Crippen molar-refractivity contribution < 1.29 is 14.3 Å². The number of amides is 1. The molecule has 2 aromatic carbocycles. The fourth-order valence-electron chi connectivity index (χ4n) is 2.50. The summed E-state index contributed by atoms with van der Waals surface area (Å²) < 4.78 is 5.32. The lowest BCUT2D eigenvalue weighted by molar-refractivity contribution is -0.141. The number of nitrogens with one attached hydrogen (secondary N) is 1. The lowest BCUT2D eigenvalue weighted by Crippen LogP contribution is -2.25. The van der Waals surface area contributed by atoms with Crippen LogP contribution in [-0.2, 0) is 14.3 Å². The molecule has 5 heteroatoms. The van der Waals surface area contributed by atoms with E-state index in [2.05, 4.69) is 5.32 Å². The molecule has 0 radical (unpaired) electrons. The average molecular weight is 316 g/mol. The van der Waals surface area contributed by atoms with E-state index in [0.717, 1.165) is 5.56 Å². The van der Waals surface area contributed by atoms with Gasteiger partial charge >= 0.3 is 5.97 Å². The van der Waals surface area contributed by atoms with E-state index in [4.69, 9.17) is 16.3 Å². The van der Waals surface area contributed by atoms with Crippen LogP contribution in [0.3, 0.4) is 0 Å². The summed E-state index contributed by atoms with van der Waals surface area (Å²) in [5.41, 5.74) is 1.46. The highest BCUT2D eigenvalue weighted by Gasteiger charge is 2.40. The Morgan fingerprint density at radius 2 is 1.77 bits per heavy atom. The first kappa shape index (κ1) is 14.6. The minimum absolute atomic E-state index is 0.0823. The molecule has 1 saturated heterocycles. The highest BCUT2D eigenvalue weighted by atomic mass is 35.5. The minimum Gasteiger partial charge on any atom is -0.457 e. The van der Waals surface area contributed by atoms with E-state index >= 15 is 0 Å². The molecular formula is C17H14ClNO3. The fourth-order valence-corrected chi connectivity index (χ4v) is 2.63. The molecule has 2 aromatic rings. The number of esters is 1. The molecule has 0 saturated carbocycles. The first-order chi connectivity index (χ1) is 10.6. The van der Waals surface area contributed by atoms with Crippen LogP contribution in [-0.4, -0.2) is 11.9 Å². The molecule has 1 N–H and O–H groups in total. The molecule has 0 aliphatic carbocycles. The van der Waals surface area contributed by atoms with Crippen LogP contribution in [0.1, 0.15) is 18.1 Å². The van der Waals surface area contributed by atoms with Gasteiger partial charge in [0.05, 0.1) is 12.3 Å². The van der Waals surface area contributed by atoms with Crippen LogP contribution in [0.15, 0.2) is 54.6 Å². The number of hydrogen-bond donors (Lipinski definition) is 1. The van der Waals surface area contributed by atoms with Crippen molar-refractivity contribution in [1.29, 1.82) is 0 Å². The number of carbonyl (C=O) groups excluding carboxylic acids is 2. The van der Waals surface area contributed by atoms with E-state index in [9.17, 15) is 9.59 Å². The Hall–Kier alpha value is -2.33. The summed E-state index contributed by atoms with van der Waals surface area (Å²) in [5, 5.41) is 3.40. The van der Waals surface area contributed by atoms with Crippen molar-refractivity contribution in [2.75, 3.05) is 5.32 Å². The van der Waals surface area contributed by atoms with Gasteiger partial charge in [-0.3, -0.25) is 9.59 Å². The number of halogens is 1. The molecular weight excluding hydrogens is 302 g/mol. The Bertz CT molecular complexity index is 685. The summed E-state index contributed by atoms with van der Waals surface area (Å²) in [7, 11) is 0. The van der Waals surface area contributed by atoms with Gasteiger partial charge in [0.2, 0.25) is 5.91 Å². The van der Waals surface area contributed by atoms with Crippen molar-refractivity contribution in [3.8, 4) is 0 Å². The molecule has 3 rings (SSSR count). The van der Waals surface area contributed by atoms with E-state index in [1.54, 1.807) is 24.3 Å². The third kappa shape index (κ3) is 3.12. The standard InChI is InChI=1S/C17H14ClNO3/c18-12-6-8-13(9-7-12)19-17(21)14-10-15(20)22-16(14)11-4-2-1-3-5-11/h1-9,14,16H,10H2,(H,19,21)/t14-,16-/m0/s1. The van der Waals surface area contributed by atoms with Crippen molar-refractivity contribution in [1.82, 2.24) is 0 Å². The first-order valence-electron chi connectivity index (χ1n) is 6.94. The van der Waals surface area contributed by atoms with Crippen LogP contribution >= 0.6 is 11.6 Å². The van der Waals surface area contributed by atoms with Gasteiger partial charge in [-0.15, -0.1) is 0 Å². The van der Waals surface area contributed by atoms with Gasteiger partial charge in [0.15, 0.2) is 0 Å². The summed E-state index contributed by atoms with van der Waals surface area (Å²) in [6.45, 7) is 0. The Kier molecular flexibility index (Phi) is 4.11. The molecule has 1 aliphatic rings. The summed E-state index contributed by atoms with van der Waals surface area (Å²) in [4.78, 5) is 24.1. The van der Waals surface area contributed by atoms with Crippen molar-refractivity contribution in [3.63, 3.8) is 0 Å². The monoisotopic (exact) mass is 315 g/mol. The lowest BCUT2D eigenvalue weighted by atomic mass is 9.94. The topological polar surface area (TPSA) is 55.4 Å². The van der Waals surface area contributed by atoms with Crippen LogP contribution in [0.5, 0.6) is 0 Å². The zero-order valence-corrected chi connectivity index (χ0v) is 12.4. The highest BCUT2D eigenvalue weighted by molar-refractivity contribution is 6.30. The molecule has 2 atom stereocenters. The smallest absolute Gasteiger partial charge is 0.307 e. The predicted molar refractivity (Wildman–Crippen MR) is 83.5 cm³/mol. The van der Waals surface area contributed by atoms with Gasteiger partial charge < -0.3 is 10.1 Å². The third-order valence-corrected chi connectivity index (χ3v) is 3.84. The predicted octanol–water partition coefficient (Wildman–Crippen LogP) is 3.58. The quantitative estimate of drug-likeness (QED) is 0.881. The zero-order valence-electron chi connectivity index (χ0n) is 11.7. The molecule has 4 nitrogen and oxygen atoms in total. The fraction of sp³-hybridized carbons (Fsp3) is 0.176. The number of cyclic esters (lactones) is 1. The SMILES string of the molecule is O=C1C[C@H](C(=O)Nc2ccc(Cl)cc2)[C@H](c2ccccc2)O1. The molecule has 22 heavy (non-hydrogen) atoms. The van der Waals surface area contributed by atoms with E-state index in [0.29, 0.717) is 10.7 Å². The number of benzene rings is 2. The summed E-state index contributed by atoms with van der Waals surface area (Å²) in [6.07, 6.45) is -0.458. The van der Waals surface area contributed by atoms with Crippen LogP contribution in [0.4, 0.5) is 5.69 Å². The number of anilines is 1. The molecule has 0 unspecified atom stereocenters. The second-order valence-electron chi connectivity index (χ2n) is 5.13. The second kappa shape index (κ2) is 6.20. The lowest BCUT2D eigenvalue weighted by Gasteiger charge is -2.17. The Balaban J connectivity index is 1.78. The number of carbonyl (C=O) groups is 2. The van der Waals surface area contributed by atoms with E-state index in [1.165, 1.54) is 0 Å². The van der Waals surface area contributed by atoms with Crippen molar-refractivity contribution in [3.05, 3.63) is 65.2 Å². The first-order valence-corrected chi connectivity index (χ1v) is 7.32. The molecule has 0 bridgehead atoms. The molecule has 112 valence electrons. The average Bonchev–Trinajstić information content (AvgIpc) is 2.92. The summed E-state index contributed by atoms with van der Waals surface area (Å²) >= 11 is 5.82. The van der Waals surface area contributed by atoms with Gasteiger partial charge in [-0.1, -0.05) is 41.9 Å². The van der Waals surface area contributed by atoms with Gasteiger partial charge in [-0.25, -0.2) is 0 Å². The zero-order chi connectivity index (χ0) is 15.5. The van der Waals surface area contributed by atoms with E-state index in [1.807, 2.05) is 30.3 Å². The minimum atomic E-state index is -0.541. The van der Waals surface area contributed by atoms with Crippen molar-refractivity contribution >= 4 is 29.2 Å². The highest BCUT2D eigenvalue weighted by Crippen LogP contribution is 2.36. The van der Waals surface area contributed by atoms with E-state index in [-0.39, 0.29) is 18.3 Å². The number of rotatable bonds is 3. The van der Waals surface area contributed by atoms with E-state index < -0.39 is 12.0 Å². The van der Waals surface area contributed by atoms with Gasteiger partial charge in [0.25, 0.3) is 0 Å². The summed E-state index contributed by atoms with van der Waals surface area (Å²) in [5.74, 6) is -1.13. The molecule has 1 fully saturated rings. The normalized spacial score (nSPS) is 20.5. The van der Waals surface area contributed by atoms with Gasteiger partial charge in [-0.05, 0) is 29.8 Å². The number of hydrogen-bond acceptors (Lipinski definition) is 3. The van der Waals surface area contributed by atoms with Crippen LogP contribution in [0.2, 0.25) is 5.02 Å². The van der Waals surface area contributed by atoms with Crippen LogP contribution in [0, 0.1) is 5.92 Å². The number of ether oxygens (including phenoxy) is 1. The largest absolute Gasteiger partial charge is 0.457 e. The van der Waals surface area contributed by atoms with Crippen molar-refractivity contribution in [2.24, 2.45) is 5.92 Å². The maximum atomic E-state index is 12.5.